The number of carbonyl (C=O) groups excluding carboxylic acids is 2. The molecule has 0 saturated carbocycles. The van der Waals surface area contributed by atoms with Gasteiger partial charge in [-0.3, -0.25) is 9.59 Å². The highest BCUT2D eigenvalue weighted by Gasteiger charge is 2.16. The maximum absolute atomic E-state index is 12.8. The molecule has 0 bridgehead atoms. The van der Waals surface area contributed by atoms with Gasteiger partial charge in [0.05, 0.1) is 29.7 Å². The van der Waals surface area contributed by atoms with Gasteiger partial charge in [0.25, 0.3) is 5.91 Å². The molecular weight excluding hydrogens is 446 g/mol. The van der Waals surface area contributed by atoms with Crippen LogP contribution >= 0.6 is 23.1 Å². The Morgan fingerprint density at radius 1 is 1.09 bits per heavy atom. The smallest absolute Gasteiger partial charge is 0.253 e. The molecular formula is C22H25N5O3S2. The molecule has 8 nitrogen and oxygen atoms in total. The normalized spacial score (nSPS) is 11.6. The number of anilines is 2. The van der Waals surface area contributed by atoms with Crippen molar-refractivity contribution in [1.82, 2.24) is 15.5 Å². The summed E-state index contributed by atoms with van der Waals surface area (Å²) in [5.74, 6) is -0.320. The van der Waals surface area contributed by atoms with Crippen LogP contribution in [0.1, 0.15) is 28.9 Å². The van der Waals surface area contributed by atoms with Crippen molar-refractivity contribution in [3.05, 3.63) is 65.7 Å². The van der Waals surface area contributed by atoms with E-state index in [0.717, 1.165) is 5.56 Å². The van der Waals surface area contributed by atoms with Gasteiger partial charge in [-0.05, 0) is 24.6 Å². The molecule has 0 radical (unpaired) electrons. The molecule has 3 N–H and O–H groups in total. The largest absolute Gasteiger partial charge is 0.383 e. The minimum atomic E-state index is -0.249. The summed E-state index contributed by atoms with van der Waals surface area (Å²) in [4.78, 5) is 25.3. The van der Waals surface area contributed by atoms with Crippen molar-refractivity contribution in [1.29, 1.82) is 0 Å². The summed E-state index contributed by atoms with van der Waals surface area (Å²) in [6.07, 6.45) is 0. The van der Waals surface area contributed by atoms with E-state index in [1.54, 1.807) is 31.4 Å². The molecule has 1 aromatic heterocycles. The van der Waals surface area contributed by atoms with Crippen LogP contribution in [0.4, 0.5) is 10.8 Å². The minimum Gasteiger partial charge on any atom is -0.383 e. The van der Waals surface area contributed by atoms with Crippen molar-refractivity contribution in [2.75, 3.05) is 36.6 Å². The first kappa shape index (κ1) is 23.7. The van der Waals surface area contributed by atoms with E-state index in [-0.39, 0.29) is 23.6 Å². The van der Waals surface area contributed by atoms with Crippen LogP contribution in [0.2, 0.25) is 0 Å². The summed E-state index contributed by atoms with van der Waals surface area (Å²) in [7, 11) is 1.63. The Bertz CT molecular complexity index is 1030. The molecule has 10 heteroatoms. The number of carbonyl (C=O) groups is 2. The predicted molar refractivity (Wildman–Crippen MR) is 128 cm³/mol. The second-order valence-electron chi connectivity index (χ2n) is 6.78. The second kappa shape index (κ2) is 12.2. The number of hydrogen-bond donors (Lipinski definition) is 3. The summed E-state index contributed by atoms with van der Waals surface area (Å²) < 4.78 is 5.67. The van der Waals surface area contributed by atoms with Crippen LogP contribution < -0.4 is 16.0 Å². The average Bonchev–Trinajstić information content (AvgIpc) is 3.26. The lowest BCUT2D eigenvalue weighted by Crippen LogP contribution is -2.28. The number of rotatable bonds is 11. The van der Waals surface area contributed by atoms with Crippen LogP contribution in [-0.4, -0.2) is 48.0 Å². The summed E-state index contributed by atoms with van der Waals surface area (Å²) in [5.41, 5.74) is 1.89. The lowest BCUT2D eigenvalue weighted by atomic mass is 10.1. The Hall–Kier alpha value is -2.95. The molecule has 0 saturated heterocycles. The van der Waals surface area contributed by atoms with E-state index in [1.165, 1.54) is 23.1 Å². The molecule has 3 rings (SSSR count). The van der Waals surface area contributed by atoms with Gasteiger partial charge in [0.1, 0.15) is 0 Å². The highest BCUT2D eigenvalue weighted by atomic mass is 32.2. The van der Waals surface area contributed by atoms with E-state index in [4.69, 9.17) is 4.74 Å². The monoisotopic (exact) mass is 471 g/mol. The first-order valence-electron chi connectivity index (χ1n) is 10.0. The molecule has 1 heterocycles. The lowest BCUT2D eigenvalue weighted by Gasteiger charge is -2.16. The fraction of sp³-hybridized carbons (Fsp3) is 0.273. The fourth-order valence-electron chi connectivity index (χ4n) is 2.80. The van der Waals surface area contributed by atoms with Gasteiger partial charge in [-0.25, -0.2) is 0 Å². The Kier molecular flexibility index (Phi) is 9.02. The van der Waals surface area contributed by atoms with Crippen LogP contribution in [0.15, 0.2) is 58.9 Å². The third-order valence-electron chi connectivity index (χ3n) is 4.41. The van der Waals surface area contributed by atoms with Crippen molar-refractivity contribution < 1.29 is 14.3 Å². The number of nitrogens with one attached hydrogen (secondary N) is 3. The SMILES string of the molecule is COCCNc1nnc(SCC(=O)Nc2ccccc2C(=O)NC(C)c2ccccc2)s1. The van der Waals surface area contributed by atoms with Crippen LogP contribution in [0.5, 0.6) is 0 Å². The van der Waals surface area contributed by atoms with E-state index >= 15 is 0 Å². The quantitative estimate of drug-likeness (QED) is 0.288. The summed E-state index contributed by atoms with van der Waals surface area (Å²) >= 11 is 2.67. The van der Waals surface area contributed by atoms with Gasteiger partial charge in [0.15, 0.2) is 4.34 Å². The number of methoxy groups -OCH3 is 1. The highest BCUT2D eigenvalue weighted by Crippen LogP contribution is 2.26. The number of para-hydroxylation sites is 1. The highest BCUT2D eigenvalue weighted by molar-refractivity contribution is 8.01. The zero-order valence-electron chi connectivity index (χ0n) is 17.8. The van der Waals surface area contributed by atoms with Gasteiger partial charge in [0.2, 0.25) is 11.0 Å². The van der Waals surface area contributed by atoms with E-state index < -0.39 is 0 Å². The minimum absolute atomic E-state index is 0.156. The van der Waals surface area contributed by atoms with Gasteiger partial charge in [-0.2, -0.15) is 0 Å². The van der Waals surface area contributed by atoms with Gasteiger partial charge in [-0.15, -0.1) is 10.2 Å². The molecule has 0 aliphatic carbocycles. The van der Waals surface area contributed by atoms with E-state index in [9.17, 15) is 9.59 Å². The number of ether oxygens (including phenoxy) is 1. The number of thioether (sulfide) groups is 1. The Morgan fingerprint density at radius 3 is 2.62 bits per heavy atom. The molecule has 0 aliphatic rings. The lowest BCUT2D eigenvalue weighted by molar-refractivity contribution is -0.113. The molecule has 0 fully saturated rings. The molecule has 32 heavy (non-hydrogen) atoms. The molecule has 3 aromatic rings. The Labute approximate surface area is 195 Å². The Morgan fingerprint density at radius 2 is 1.84 bits per heavy atom. The van der Waals surface area contributed by atoms with Crippen molar-refractivity contribution >= 4 is 45.7 Å². The van der Waals surface area contributed by atoms with Crippen LogP contribution in [0, 0.1) is 0 Å². The van der Waals surface area contributed by atoms with Crippen LogP contribution in [0.3, 0.4) is 0 Å². The molecule has 2 amide bonds. The van der Waals surface area contributed by atoms with Crippen molar-refractivity contribution in [2.45, 2.75) is 17.3 Å². The average molecular weight is 472 g/mol. The fourth-order valence-corrected chi connectivity index (χ4v) is 4.38. The van der Waals surface area contributed by atoms with Crippen molar-refractivity contribution in [3.63, 3.8) is 0 Å². The molecule has 1 unspecified atom stereocenters. The first-order chi connectivity index (χ1) is 15.6. The summed E-state index contributed by atoms with van der Waals surface area (Å²) in [6.45, 7) is 3.13. The number of benzene rings is 2. The zero-order valence-corrected chi connectivity index (χ0v) is 19.5. The van der Waals surface area contributed by atoms with E-state index in [0.29, 0.717) is 33.9 Å². The second-order valence-corrected chi connectivity index (χ2v) is 8.98. The predicted octanol–water partition coefficient (Wildman–Crippen LogP) is 3.82. The number of amides is 2. The van der Waals surface area contributed by atoms with Gasteiger partial charge >= 0.3 is 0 Å². The van der Waals surface area contributed by atoms with Crippen LogP contribution in [0.25, 0.3) is 0 Å². The first-order valence-corrected chi connectivity index (χ1v) is 11.8. The topological polar surface area (TPSA) is 105 Å². The molecule has 1 atom stereocenters. The Balaban J connectivity index is 1.55. The molecule has 2 aromatic carbocycles. The molecule has 0 aliphatic heterocycles. The van der Waals surface area contributed by atoms with Gasteiger partial charge in [0, 0.05) is 13.7 Å². The van der Waals surface area contributed by atoms with Gasteiger partial charge in [-0.1, -0.05) is 65.6 Å². The summed E-state index contributed by atoms with van der Waals surface area (Å²) in [5, 5.41) is 17.7. The number of aromatic nitrogens is 2. The van der Waals surface area contributed by atoms with E-state index in [1.807, 2.05) is 37.3 Å². The molecule has 168 valence electrons. The number of hydrogen-bond acceptors (Lipinski definition) is 8. The third-order valence-corrected chi connectivity index (χ3v) is 6.42. The maximum atomic E-state index is 12.8. The third kappa shape index (κ3) is 7.04. The van der Waals surface area contributed by atoms with Crippen molar-refractivity contribution in [2.24, 2.45) is 0 Å². The summed E-state index contributed by atoms with van der Waals surface area (Å²) in [6, 6.07) is 16.5. The van der Waals surface area contributed by atoms with Crippen LogP contribution in [-0.2, 0) is 9.53 Å². The zero-order chi connectivity index (χ0) is 22.8. The standard InChI is InChI=1S/C22H25N5O3S2/c1-15(16-8-4-3-5-9-16)24-20(29)17-10-6-7-11-18(17)25-19(28)14-31-22-27-26-21(32-22)23-12-13-30-2/h3-11,15H,12-14H2,1-2H3,(H,23,26)(H,24,29)(H,25,28). The van der Waals surface area contributed by atoms with Crippen molar-refractivity contribution in [3.8, 4) is 0 Å². The van der Waals surface area contributed by atoms with E-state index in [2.05, 4.69) is 26.1 Å². The van der Waals surface area contributed by atoms with Gasteiger partial charge < -0.3 is 20.7 Å². The molecule has 0 spiro atoms. The maximum Gasteiger partial charge on any atom is 0.253 e. The number of nitrogens with zero attached hydrogens (tertiary/aromatic N) is 2.